The standard InChI is InChI=1S/C18H11ClN2/c19-18-9-8-15(16-10-20-21-11-17(16)18)14-7-3-5-12-4-1-2-6-13(12)14/h1-11H. The Morgan fingerprint density at radius 1 is 0.619 bits per heavy atom. The molecule has 0 fully saturated rings. The maximum atomic E-state index is 6.27. The number of hydrogen-bond donors (Lipinski definition) is 0. The van der Waals surface area contributed by atoms with Crippen molar-refractivity contribution in [2.45, 2.75) is 0 Å². The fourth-order valence-corrected chi connectivity index (χ4v) is 2.97. The Balaban J connectivity index is 2.13. The van der Waals surface area contributed by atoms with Crippen LogP contribution in [0.1, 0.15) is 0 Å². The highest BCUT2D eigenvalue weighted by molar-refractivity contribution is 6.36. The van der Waals surface area contributed by atoms with Crippen molar-refractivity contribution in [3.8, 4) is 11.1 Å². The Kier molecular flexibility index (Phi) is 2.83. The van der Waals surface area contributed by atoms with Crippen LogP contribution in [0, 0.1) is 0 Å². The second-order valence-corrected chi connectivity index (χ2v) is 5.35. The van der Waals surface area contributed by atoms with Crippen LogP contribution in [-0.4, -0.2) is 10.2 Å². The van der Waals surface area contributed by atoms with Crippen molar-refractivity contribution >= 4 is 33.1 Å². The second-order valence-electron chi connectivity index (χ2n) is 4.94. The van der Waals surface area contributed by atoms with Crippen molar-refractivity contribution in [3.05, 3.63) is 72.0 Å². The molecule has 1 heterocycles. The lowest BCUT2D eigenvalue weighted by Gasteiger charge is -2.10. The van der Waals surface area contributed by atoms with Crippen molar-refractivity contribution < 1.29 is 0 Å². The monoisotopic (exact) mass is 290 g/mol. The van der Waals surface area contributed by atoms with Crippen LogP contribution in [0.2, 0.25) is 5.02 Å². The van der Waals surface area contributed by atoms with E-state index < -0.39 is 0 Å². The summed E-state index contributed by atoms with van der Waals surface area (Å²) < 4.78 is 0. The van der Waals surface area contributed by atoms with Gasteiger partial charge in [0.25, 0.3) is 0 Å². The summed E-state index contributed by atoms with van der Waals surface area (Å²) in [4.78, 5) is 0. The van der Waals surface area contributed by atoms with Gasteiger partial charge in [-0.1, -0.05) is 60.1 Å². The fourth-order valence-electron chi connectivity index (χ4n) is 2.76. The first-order chi connectivity index (χ1) is 10.3. The summed E-state index contributed by atoms with van der Waals surface area (Å²) in [5.41, 5.74) is 2.31. The third-order valence-corrected chi connectivity index (χ3v) is 4.08. The average Bonchev–Trinajstić information content (AvgIpc) is 2.55. The van der Waals surface area contributed by atoms with E-state index in [2.05, 4.69) is 52.7 Å². The van der Waals surface area contributed by atoms with E-state index in [0.717, 1.165) is 16.3 Å². The lowest BCUT2D eigenvalue weighted by Crippen LogP contribution is -1.87. The Morgan fingerprint density at radius 2 is 1.33 bits per heavy atom. The molecule has 0 saturated carbocycles. The molecule has 2 nitrogen and oxygen atoms in total. The molecular formula is C18H11ClN2. The highest BCUT2D eigenvalue weighted by Gasteiger charge is 2.09. The third kappa shape index (κ3) is 1.96. The molecule has 0 aliphatic rings. The average molecular weight is 291 g/mol. The minimum absolute atomic E-state index is 0.698. The molecule has 1 aromatic heterocycles. The normalized spacial score (nSPS) is 11.1. The van der Waals surface area contributed by atoms with Gasteiger partial charge in [0.15, 0.2) is 0 Å². The fraction of sp³-hybridized carbons (Fsp3) is 0. The zero-order chi connectivity index (χ0) is 14.2. The Bertz CT molecular complexity index is 958. The van der Waals surface area contributed by atoms with Gasteiger partial charge in [0.1, 0.15) is 0 Å². The van der Waals surface area contributed by atoms with Crippen molar-refractivity contribution in [3.63, 3.8) is 0 Å². The second kappa shape index (κ2) is 4.83. The number of aromatic nitrogens is 2. The van der Waals surface area contributed by atoms with Crippen molar-refractivity contribution in [2.75, 3.05) is 0 Å². The number of benzene rings is 3. The predicted octanol–water partition coefficient (Wildman–Crippen LogP) is 5.10. The number of fused-ring (bicyclic) bond motifs is 2. The molecule has 3 heteroatoms. The summed E-state index contributed by atoms with van der Waals surface area (Å²) in [6.45, 7) is 0. The highest BCUT2D eigenvalue weighted by atomic mass is 35.5. The van der Waals surface area contributed by atoms with Crippen LogP contribution in [0.4, 0.5) is 0 Å². The van der Waals surface area contributed by atoms with Gasteiger partial charge in [0.2, 0.25) is 0 Å². The van der Waals surface area contributed by atoms with Crippen LogP contribution >= 0.6 is 11.6 Å². The number of hydrogen-bond acceptors (Lipinski definition) is 2. The van der Waals surface area contributed by atoms with E-state index in [1.54, 1.807) is 12.4 Å². The number of rotatable bonds is 1. The lowest BCUT2D eigenvalue weighted by atomic mass is 9.95. The molecule has 0 N–H and O–H groups in total. The molecule has 100 valence electrons. The van der Waals surface area contributed by atoms with E-state index in [9.17, 15) is 0 Å². The predicted molar refractivity (Wildman–Crippen MR) is 87.5 cm³/mol. The quantitative estimate of drug-likeness (QED) is 0.487. The largest absolute Gasteiger partial charge is 0.158 e. The van der Waals surface area contributed by atoms with E-state index >= 15 is 0 Å². The summed E-state index contributed by atoms with van der Waals surface area (Å²) in [5.74, 6) is 0. The van der Waals surface area contributed by atoms with E-state index in [1.807, 2.05) is 12.1 Å². The third-order valence-electron chi connectivity index (χ3n) is 3.75. The van der Waals surface area contributed by atoms with Gasteiger partial charge >= 0.3 is 0 Å². The van der Waals surface area contributed by atoms with Crippen LogP contribution in [-0.2, 0) is 0 Å². The summed E-state index contributed by atoms with van der Waals surface area (Å²) in [7, 11) is 0. The molecule has 3 aromatic carbocycles. The van der Waals surface area contributed by atoms with E-state index in [-0.39, 0.29) is 0 Å². The van der Waals surface area contributed by atoms with Gasteiger partial charge in [0, 0.05) is 10.8 Å². The molecule has 0 saturated heterocycles. The van der Waals surface area contributed by atoms with E-state index in [4.69, 9.17) is 11.6 Å². The van der Waals surface area contributed by atoms with Crippen molar-refractivity contribution in [2.24, 2.45) is 0 Å². The minimum Gasteiger partial charge on any atom is -0.158 e. The summed E-state index contributed by atoms with van der Waals surface area (Å²) in [5, 5.41) is 13.0. The van der Waals surface area contributed by atoms with Gasteiger partial charge in [0.05, 0.1) is 17.4 Å². The first kappa shape index (κ1) is 12.3. The van der Waals surface area contributed by atoms with Crippen LogP contribution in [0.15, 0.2) is 67.0 Å². The Morgan fingerprint density at radius 3 is 2.24 bits per heavy atom. The molecule has 21 heavy (non-hydrogen) atoms. The zero-order valence-corrected chi connectivity index (χ0v) is 11.9. The minimum atomic E-state index is 0.698. The maximum absolute atomic E-state index is 6.27. The molecule has 0 radical (unpaired) electrons. The van der Waals surface area contributed by atoms with Crippen LogP contribution in [0.25, 0.3) is 32.7 Å². The van der Waals surface area contributed by atoms with Crippen LogP contribution in [0.5, 0.6) is 0 Å². The molecule has 0 aliphatic heterocycles. The smallest absolute Gasteiger partial charge is 0.0589 e. The molecule has 0 bridgehead atoms. The maximum Gasteiger partial charge on any atom is 0.0589 e. The molecule has 0 amide bonds. The molecule has 0 aliphatic carbocycles. The lowest BCUT2D eigenvalue weighted by molar-refractivity contribution is 1.05. The van der Waals surface area contributed by atoms with Gasteiger partial charge in [-0.15, -0.1) is 0 Å². The van der Waals surface area contributed by atoms with Crippen molar-refractivity contribution in [1.29, 1.82) is 0 Å². The van der Waals surface area contributed by atoms with Crippen LogP contribution < -0.4 is 0 Å². The van der Waals surface area contributed by atoms with E-state index in [1.165, 1.54) is 16.3 Å². The number of halogens is 1. The van der Waals surface area contributed by atoms with E-state index in [0.29, 0.717) is 5.02 Å². The zero-order valence-electron chi connectivity index (χ0n) is 11.1. The summed E-state index contributed by atoms with van der Waals surface area (Å²) in [6, 6.07) is 18.7. The molecule has 0 unspecified atom stereocenters. The molecular weight excluding hydrogens is 280 g/mol. The Labute approximate surface area is 127 Å². The van der Waals surface area contributed by atoms with Gasteiger partial charge in [-0.25, -0.2) is 0 Å². The van der Waals surface area contributed by atoms with Gasteiger partial charge in [-0.2, -0.15) is 10.2 Å². The van der Waals surface area contributed by atoms with Crippen molar-refractivity contribution in [1.82, 2.24) is 10.2 Å². The molecule has 4 rings (SSSR count). The summed E-state index contributed by atoms with van der Waals surface area (Å²) in [6.07, 6.45) is 3.49. The van der Waals surface area contributed by atoms with Gasteiger partial charge in [-0.05, 0) is 28.0 Å². The van der Waals surface area contributed by atoms with Crippen LogP contribution in [0.3, 0.4) is 0 Å². The summed E-state index contributed by atoms with van der Waals surface area (Å²) >= 11 is 6.27. The molecule has 4 aromatic rings. The van der Waals surface area contributed by atoms with Gasteiger partial charge in [-0.3, -0.25) is 0 Å². The molecule has 0 atom stereocenters. The first-order valence-corrected chi connectivity index (χ1v) is 7.09. The molecule has 0 spiro atoms. The highest BCUT2D eigenvalue weighted by Crippen LogP contribution is 2.35. The Hall–Kier alpha value is -2.45. The number of nitrogens with zero attached hydrogens (tertiary/aromatic N) is 2. The van der Waals surface area contributed by atoms with Gasteiger partial charge < -0.3 is 0 Å². The SMILES string of the molecule is Clc1ccc(-c2cccc3ccccc23)c2cnncc12. The first-order valence-electron chi connectivity index (χ1n) is 6.71. The topological polar surface area (TPSA) is 25.8 Å².